The van der Waals surface area contributed by atoms with E-state index in [1.165, 1.54) is 12.1 Å². The van der Waals surface area contributed by atoms with Gasteiger partial charge in [-0.05, 0) is 50.5 Å². The highest BCUT2D eigenvalue weighted by molar-refractivity contribution is 5.92. The Balaban J connectivity index is 1.54. The first-order valence-corrected chi connectivity index (χ1v) is 10.5. The van der Waals surface area contributed by atoms with Gasteiger partial charge in [-0.3, -0.25) is 14.9 Å². The molecule has 32 heavy (non-hydrogen) atoms. The Bertz CT molecular complexity index is 1340. The molecule has 8 nitrogen and oxygen atoms in total. The Kier molecular flexibility index (Phi) is 5.61. The summed E-state index contributed by atoms with van der Waals surface area (Å²) in [6.45, 7) is 5.84. The molecule has 2 aromatic carbocycles. The van der Waals surface area contributed by atoms with E-state index in [1.807, 2.05) is 49.6 Å². The quantitative estimate of drug-likeness (QED) is 0.330. The first-order chi connectivity index (χ1) is 15.3. The Morgan fingerprint density at radius 3 is 2.69 bits per heavy atom. The van der Waals surface area contributed by atoms with Gasteiger partial charge in [0.05, 0.1) is 16.5 Å². The van der Waals surface area contributed by atoms with Gasteiger partial charge in [0.15, 0.2) is 5.65 Å². The summed E-state index contributed by atoms with van der Waals surface area (Å²) in [6, 6.07) is 14.0. The highest BCUT2D eigenvalue weighted by Crippen LogP contribution is 2.25. The first kappa shape index (κ1) is 21.4. The van der Waals surface area contributed by atoms with Crippen molar-refractivity contribution in [3.05, 3.63) is 81.2 Å². The summed E-state index contributed by atoms with van der Waals surface area (Å²) in [5, 5.41) is 16.7. The largest absolute Gasteiger partial charge is 0.339 e. The molecule has 0 saturated heterocycles. The highest BCUT2D eigenvalue weighted by atomic mass is 16.6. The second kappa shape index (κ2) is 8.37. The zero-order valence-electron chi connectivity index (χ0n) is 18.6. The molecule has 0 N–H and O–H groups in total. The molecule has 0 fully saturated rings. The molecule has 0 radical (unpaired) electrons. The van der Waals surface area contributed by atoms with Crippen LogP contribution >= 0.6 is 0 Å². The number of fused-ring (bicyclic) bond motifs is 3. The smallest absolute Gasteiger partial charge is 0.269 e. The van der Waals surface area contributed by atoms with Crippen molar-refractivity contribution in [2.75, 3.05) is 7.05 Å². The SMILES string of the molecule is Cc1nc2c3ccccc3nn2c(C)c1CCC(=O)N(C)[C@@H](C)c1cccc([N+](=O)[O-])c1. The van der Waals surface area contributed by atoms with Crippen molar-refractivity contribution in [3.8, 4) is 0 Å². The van der Waals surface area contributed by atoms with E-state index in [0.29, 0.717) is 12.8 Å². The van der Waals surface area contributed by atoms with Gasteiger partial charge in [-0.15, -0.1) is 0 Å². The molecule has 0 unspecified atom stereocenters. The lowest BCUT2D eigenvalue weighted by atomic mass is 10.0. The molecule has 2 aromatic heterocycles. The van der Waals surface area contributed by atoms with Crippen molar-refractivity contribution < 1.29 is 9.72 Å². The fourth-order valence-corrected chi connectivity index (χ4v) is 4.08. The van der Waals surface area contributed by atoms with Crippen LogP contribution in [0.25, 0.3) is 16.6 Å². The number of rotatable bonds is 6. The molecule has 8 heteroatoms. The fraction of sp³-hybridized carbons (Fsp3) is 0.292. The van der Waals surface area contributed by atoms with Gasteiger partial charge >= 0.3 is 0 Å². The molecule has 0 aliphatic carbocycles. The van der Waals surface area contributed by atoms with Crippen LogP contribution in [0.15, 0.2) is 48.5 Å². The molecule has 0 bridgehead atoms. The number of aryl methyl sites for hydroxylation is 2. The van der Waals surface area contributed by atoms with E-state index in [2.05, 4.69) is 5.10 Å². The van der Waals surface area contributed by atoms with Crippen molar-refractivity contribution >= 4 is 28.1 Å². The van der Waals surface area contributed by atoms with E-state index < -0.39 is 4.92 Å². The number of nitro groups is 1. The Morgan fingerprint density at radius 1 is 1.19 bits per heavy atom. The summed E-state index contributed by atoms with van der Waals surface area (Å²) in [6.07, 6.45) is 0.854. The number of nitrogens with zero attached hydrogens (tertiary/aromatic N) is 5. The van der Waals surface area contributed by atoms with Crippen LogP contribution in [0.5, 0.6) is 0 Å². The van der Waals surface area contributed by atoms with Crippen molar-refractivity contribution in [3.63, 3.8) is 0 Å². The molecule has 1 amide bonds. The van der Waals surface area contributed by atoms with Gasteiger partial charge in [-0.2, -0.15) is 5.10 Å². The van der Waals surface area contributed by atoms with Gasteiger partial charge in [0, 0.05) is 42.4 Å². The molecule has 4 aromatic rings. The third-order valence-electron chi connectivity index (χ3n) is 6.14. The number of carbonyl (C=O) groups excluding carboxylic acids is 1. The average molecular weight is 431 g/mol. The van der Waals surface area contributed by atoms with Crippen LogP contribution < -0.4 is 0 Å². The minimum atomic E-state index is -0.425. The van der Waals surface area contributed by atoms with E-state index in [9.17, 15) is 14.9 Å². The monoisotopic (exact) mass is 431 g/mol. The van der Waals surface area contributed by atoms with Crippen LogP contribution in [0.3, 0.4) is 0 Å². The van der Waals surface area contributed by atoms with E-state index >= 15 is 0 Å². The molecule has 2 heterocycles. The third kappa shape index (κ3) is 3.79. The highest BCUT2D eigenvalue weighted by Gasteiger charge is 2.21. The summed E-state index contributed by atoms with van der Waals surface area (Å²) in [4.78, 5) is 30.0. The van der Waals surface area contributed by atoms with Crippen LogP contribution in [0.2, 0.25) is 0 Å². The number of benzene rings is 2. The molecule has 0 aliphatic rings. The number of hydrogen-bond donors (Lipinski definition) is 0. The third-order valence-corrected chi connectivity index (χ3v) is 6.14. The normalized spacial score (nSPS) is 12.2. The Hall–Kier alpha value is -3.81. The van der Waals surface area contributed by atoms with Crippen LogP contribution in [0.4, 0.5) is 5.69 Å². The Labute approximate surface area is 185 Å². The molecule has 0 saturated carbocycles. The number of non-ortho nitro benzene ring substituents is 1. The summed E-state index contributed by atoms with van der Waals surface area (Å²) >= 11 is 0. The number of nitro benzene ring substituents is 1. The zero-order valence-corrected chi connectivity index (χ0v) is 18.6. The molecular formula is C24H25N5O3. The minimum Gasteiger partial charge on any atom is -0.339 e. The number of hydrogen-bond acceptors (Lipinski definition) is 5. The van der Waals surface area contributed by atoms with Gasteiger partial charge in [-0.25, -0.2) is 9.50 Å². The summed E-state index contributed by atoms with van der Waals surface area (Å²) < 4.78 is 1.85. The average Bonchev–Trinajstić information content (AvgIpc) is 3.16. The maximum absolute atomic E-state index is 12.9. The lowest BCUT2D eigenvalue weighted by molar-refractivity contribution is -0.384. The van der Waals surface area contributed by atoms with Crippen molar-refractivity contribution in [2.45, 2.75) is 39.7 Å². The standard InChI is InChI=1S/C24H25N5O3/c1-15-20(17(3)28-24(25-15)21-10-5-6-11-22(21)26-28)12-13-23(30)27(4)16(2)18-8-7-9-19(14-18)29(31)32/h5-11,14,16H,12-13H2,1-4H3/t16-/m0/s1. The van der Waals surface area contributed by atoms with Crippen LogP contribution in [-0.2, 0) is 11.2 Å². The van der Waals surface area contributed by atoms with Crippen LogP contribution in [0, 0.1) is 24.0 Å². The van der Waals surface area contributed by atoms with Crippen molar-refractivity contribution in [1.82, 2.24) is 19.5 Å². The van der Waals surface area contributed by atoms with Gasteiger partial charge < -0.3 is 4.90 Å². The van der Waals surface area contributed by atoms with Gasteiger partial charge in [0.2, 0.25) is 5.91 Å². The minimum absolute atomic E-state index is 0.0208. The second-order valence-corrected chi connectivity index (χ2v) is 8.05. The lowest BCUT2D eigenvalue weighted by Crippen LogP contribution is -2.30. The summed E-state index contributed by atoms with van der Waals surface area (Å²) in [5.74, 6) is -0.0338. The second-order valence-electron chi connectivity index (χ2n) is 8.05. The zero-order chi connectivity index (χ0) is 23.0. The van der Waals surface area contributed by atoms with E-state index in [1.54, 1.807) is 24.1 Å². The topological polar surface area (TPSA) is 93.6 Å². The van der Waals surface area contributed by atoms with Gasteiger partial charge in [0.25, 0.3) is 5.69 Å². The number of amides is 1. The van der Waals surface area contributed by atoms with E-state index in [4.69, 9.17) is 4.98 Å². The van der Waals surface area contributed by atoms with Gasteiger partial charge in [-0.1, -0.05) is 24.3 Å². The van der Waals surface area contributed by atoms with Crippen molar-refractivity contribution in [2.24, 2.45) is 0 Å². The Morgan fingerprint density at radius 2 is 1.94 bits per heavy atom. The molecular weight excluding hydrogens is 406 g/mol. The molecule has 1 atom stereocenters. The van der Waals surface area contributed by atoms with Gasteiger partial charge in [0.1, 0.15) is 0 Å². The van der Waals surface area contributed by atoms with E-state index in [-0.39, 0.29) is 17.6 Å². The predicted molar refractivity (Wildman–Crippen MR) is 123 cm³/mol. The summed E-state index contributed by atoms with van der Waals surface area (Å²) in [7, 11) is 1.73. The number of aromatic nitrogens is 3. The maximum Gasteiger partial charge on any atom is 0.269 e. The molecule has 164 valence electrons. The van der Waals surface area contributed by atoms with Crippen molar-refractivity contribution in [1.29, 1.82) is 0 Å². The van der Waals surface area contributed by atoms with Crippen LogP contribution in [0.1, 0.15) is 41.9 Å². The molecule has 4 rings (SSSR count). The fourth-order valence-electron chi connectivity index (χ4n) is 4.08. The first-order valence-electron chi connectivity index (χ1n) is 10.5. The maximum atomic E-state index is 12.9. The predicted octanol–water partition coefficient (Wildman–Crippen LogP) is 4.56. The summed E-state index contributed by atoms with van der Waals surface area (Å²) in [5.41, 5.74) is 5.34. The van der Waals surface area contributed by atoms with E-state index in [0.717, 1.165) is 39.1 Å². The number of carbonyl (C=O) groups is 1. The van der Waals surface area contributed by atoms with Crippen LogP contribution in [-0.4, -0.2) is 37.4 Å². The molecule has 0 aliphatic heterocycles. The molecule has 0 spiro atoms. The lowest BCUT2D eigenvalue weighted by Gasteiger charge is -2.25.